The molecule has 1 aromatic carbocycles. The van der Waals surface area contributed by atoms with Gasteiger partial charge in [-0.3, -0.25) is 14.7 Å². The van der Waals surface area contributed by atoms with Crippen LogP contribution in [0.2, 0.25) is 0 Å². The second kappa shape index (κ2) is 8.79. The fourth-order valence-electron chi connectivity index (χ4n) is 4.41. The SMILES string of the molecule is O=C(NC1CN2CCC1CC2)c1n[nH]c2cc(O[C@H]3CCOC3)ccc12.O=CO. The number of benzene rings is 1. The van der Waals surface area contributed by atoms with Crippen molar-refractivity contribution in [3.63, 3.8) is 0 Å². The molecule has 0 radical (unpaired) electrons. The molecular formula is C20H26N4O5. The van der Waals surface area contributed by atoms with Gasteiger partial charge in [0.1, 0.15) is 11.9 Å². The first-order valence-corrected chi connectivity index (χ1v) is 10.0. The van der Waals surface area contributed by atoms with Crippen LogP contribution in [0.1, 0.15) is 29.8 Å². The monoisotopic (exact) mass is 402 g/mol. The third kappa shape index (κ3) is 4.35. The fourth-order valence-corrected chi connectivity index (χ4v) is 4.41. The standard InChI is InChI=1S/C19H24N4O3.CH2O2/c24-19(20-17-10-23-6-3-12(17)4-7-23)18-15-2-1-13(9-16(15)21-22-18)26-14-5-8-25-11-14;2-1-3/h1-2,9,12,14,17H,3-8,10-11H2,(H,20,24)(H,21,22);1H,(H,2,3)/t14-,17?;/m0./s1. The normalized spacial score (nSPS) is 27.9. The van der Waals surface area contributed by atoms with Crippen molar-refractivity contribution in [3.05, 3.63) is 23.9 Å². The van der Waals surface area contributed by atoms with Gasteiger partial charge in [-0.15, -0.1) is 0 Å². The van der Waals surface area contributed by atoms with Crippen LogP contribution in [0.25, 0.3) is 10.9 Å². The van der Waals surface area contributed by atoms with Gasteiger partial charge in [-0.2, -0.15) is 5.10 Å². The zero-order valence-electron chi connectivity index (χ0n) is 16.2. The number of carbonyl (C=O) groups excluding carboxylic acids is 1. The van der Waals surface area contributed by atoms with Crippen molar-refractivity contribution in [2.75, 3.05) is 32.8 Å². The number of H-pyrrole nitrogens is 1. The number of rotatable bonds is 4. The molecule has 9 nitrogen and oxygen atoms in total. The van der Waals surface area contributed by atoms with Gasteiger partial charge in [-0.1, -0.05) is 0 Å². The number of hydrogen-bond donors (Lipinski definition) is 3. The third-order valence-corrected chi connectivity index (χ3v) is 5.91. The van der Waals surface area contributed by atoms with E-state index in [4.69, 9.17) is 19.4 Å². The molecule has 0 aliphatic carbocycles. The molecule has 156 valence electrons. The summed E-state index contributed by atoms with van der Waals surface area (Å²) >= 11 is 0. The number of ether oxygens (including phenoxy) is 2. The van der Waals surface area contributed by atoms with Gasteiger partial charge in [0.25, 0.3) is 12.4 Å². The highest BCUT2D eigenvalue weighted by Gasteiger charge is 2.35. The zero-order chi connectivity index (χ0) is 20.2. The smallest absolute Gasteiger partial charge is 0.290 e. The summed E-state index contributed by atoms with van der Waals surface area (Å²) in [5, 5.41) is 18.2. The number of nitrogens with one attached hydrogen (secondary N) is 2. The van der Waals surface area contributed by atoms with Crippen molar-refractivity contribution >= 4 is 23.3 Å². The fraction of sp³-hybridized carbons (Fsp3) is 0.550. The first-order chi connectivity index (χ1) is 14.2. The molecule has 1 aromatic heterocycles. The molecule has 0 spiro atoms. The minimum Gasteiger partial charge on any atom is -0.488 e. The molecule has 3 N–H and O–H groups in total. The number of carboxylic acid groups (broad SMARTS) is 1. The van der Waals surface area contributed by atoms with Crippen molar-refractivity contribution < 1.29 is 24.2 Å². The maximum atomic E-state index is 12.8. The number of nitrogens with zero attached hydrogens (tertiary/aromatic N) is 2. The molecule has 2 bridgehead atoms. The number of carbonyl (C=O) groups is 2. The van der Waals surface area contributed by atoms with Crippen molar-refractivity contribution in [3.8, 4) is 5.75 Å². The van der Waals surface area contributed by atoms with E-state index >= 15 is 0 Å². The van der Waals surface area contributed by atoms with Crippen molar-refractivity contribution in [1.29, 1.82) is 0 Å². The Bertz CT molecular complexity index is 856. The minimum absolute atomic E-state index is 0.0899. The minimum atomic E-state index is -0.250. The lowest BCUT2D eigenvalue weighted by molar-refractivity contribution is -0.122. The summed E-state index contributed by atoms with van der Waals surface area (Å²) in [6, 6.07) is 5.96. The molecule has 6 rings (SSSR count). The summed E-state index contributed by atoms with van der Waals surface area (Å²) in [6.07, 6.45) is 3.37. The molecule has 4 aliphatic rings. The maximum absolute atomic E-state index is 12.8. The van der Waals surface area contributed by atoms with E-state index < -0.39 is 0 Å². The molecule has 29 heavy (non-hydrogen) atoms. The Hall–Kier alpha value is -2.65. The predicted octanol–water partition coefficient (Wildman–Crippen LogP) is 1.26. The summed E-state index contributed by atoms with van der Waals surface area (Å²) < 4.78 is 11.3. The van der Waals surface area contributed by atoms with E-state index in [1.165, 1.54) is 12.8 Å². The number of hydrogen-bond acceptors (Lipinski definition) is 6. The average Bonchev–Trinajstić information content (AvgIpc) is 3.39. The van der Waals surface area contributed by atoms with Crippen LogP contribution in [0.5, 0.6) is 5.75 Å². The molecule has 1 unspecified atom stereocenters. The maximum Gasteiger partial charge on any atom is 0.290 e. The lowest BCUT2D eigenvalue weighted by Crippen LogP contribution is -2.57. The predicted molar refractivity (Wildman–Crippen MR) is 105 cm³/mol. The average molecular weight is 402 g/mol. The summed E-state index contributed by atoms with van der Waals surface area (Å²) in [4.78, 5) is 23.6. The largest absolute Gasteiger partial charge is 0.488 e. The highest BCUT2D eigenvalue weighted by Crippen LogP contribution is 2.28. The van der Waals surface area contributed by atoms with E-state index in [0.29, 0.717) is 18.2 Å². The van der Waals surface area contributed by atoms with Gasteiger partial charge in [-0.05, 0) is 44.0 Å². The first-order valence-electron chi connectivity index (χ1n) is 10.0. The van der Waals surface area contributed by atoms with Crippen molar-refractivity contribution in [2.24, 2.45) is 5.92 Å². The van der Waals surface area contributed by atoms with Crippen LogP contribution in [0.4, 0.5) is 0 Å². The number of aromatic amines is 1. The van der Waals surface area contributed by atoms with Gasteiger partial charge in [0.15, 0.2) is 5.69 Å². The number of fused-ring (bicyclic) bond motifs is 4. The summed E-state index contributed by atoms with van der Waals surface area (Å²) in [7, 11) is 0. The van der Waals surface area contributed by atoms with Crippen LogP contribution in [0.15, 0.2) is 18.2 Å². The second-order valence-corrected chi connectivity index (χ2v) is 7.71. The van der Waals surface area contributed by atoms with E-state index in [2.05, 4.69) is 20.4 Å². The van der Waals surface area contributed by atoms with Crippen LogP contribution in [-0.2, 0) is 9.53 Å². The van der Waals surface area contributed by atoms with Gasteiger partial charge in [0.2, 0.25) is 0 Å². The Morgan fingerprint density at radius 2 is 2.14 bits per heavy atom. The van der Waals surface area contributed by atoms with E-state index in [-0.39, 0.29) is 24.5 Å². The van der Waals surface area contributed by atoms with Crippen molar-refractivity contribution in [1.82, 2.24) is 20.4 Å². The topological polar surface area (TPSA) is 117 Å². The van der Waals surface area contributed by atoms with E-state index in [0.717, 1.165) is 49.3 Å². The lowest BCUT2D eigenvalue weighted by atomic mass is 9.84. The zero-order valence-corrected chi connectivity index (χ0v) is 16.2. The summed E-state index contributed by atoms with van der Waals surface area (Å²) in [6.45, 7) is 4.42. The Kier molecular flexibility index (Phi) is 5.96. The number of amides is 1. The molecular weight excluding hydrogens is 376 g/mol. The van der Waals surface area contributed by atoms with E-state index in [9.17, 15) is 4.79 Å². The molecule has 4 saturated heterocycles. The quantitative estimate of drug-likeness (QED) is 0.659. The van der Waals surface area contributed by atoms with Crippen LogP contribution in [0, 0.1) is 5.92 Å². The molecule has 4 aliphatic heterocycles. The Morgan fingerprint density at radius 3 is 2.79 bits per heavy atom. The molecule has 1 amide bonds. The molecule has 0 saturated carbocycles. The molecule has 5 heterocycles. The van der Waals surface area contributed by atoms with Crippen LogP contribution >= 0.6 is 0 Å². The van der Waals surface area contributed by atoms with Gasteiger partial charge in [-0.25, -0.2) is 0 Å². The molecule has 4 fully saturated rings. The first kappa shape index (κ1) is 19.7. The third-order valence-electron chi connectivity index (χ3n) is 5.91. The van der Waals surface area contributed by atoms with Crippen LogP contribution < -0.4 is 10.1 Å². The van der Waals surface area contributed by atoms with Gasteiger partial charge >= 0.3 is 0 Å². The summed E-state index contributed by atoms with van der Waals surface area (Å²) in [5.41, 5.74) is 1.28. The highest BCUT2D eigenvalue weighted by atomic mass is 16.5. The van der Waals surface area contributed by atoms with E-state index in [1.54, 1.807) is 0 Å². The Morgan fingerprint density at radius 1 is 1.34 bits per heavy atom. The van der Waals surface area contributed by atoms with Gasteiger partial charge in [0.05, 0.1) is 18.7 Å². The molecule has 2 atom stereocenters. The van der Waals surface area contributed by atoms with Gasteiger partial charge < -0.3 is 24.8 Å². The number of piperidine rings is 3. The van der Waals surface area contributed by atoms with E-state index in [1.807, 2.05) is 18.2 Å². The van der Waals surface area contributed by atoms with Crippen LogP contribution in [-0.4, -0.2) is 77.6 Å². The molecule has 2 aromatic rings. The van der Waals surface area contributed by atoms with Crippen LogP contribution in [0.3, 0.4) is 0 Å². The Balaban J connectivity index is 0.000000645. The van der Waals surface area contributed by atoms with Gasteiger partial charge in [0, 0.05) is 30.5 Å². The second-order valence-electron chi connectivity index (χ2n) is 7.71. The molecule has 9 heteroatoms. The number of aromatic nitrogens is 2. The lowest BCUT2D eigenvalue weighted by Gasteiger charge is -2.44. The highest BCUT2D eigenvalue weighted by molar-refractivity contribution is 6.05. The van der Waals surface area contributed by atoms with Crippen molar-refractivity contribution in [2.45, 2.75) is 31.4 Å². The Labute approximate surface area is 168 Å². The summed E-state index contributed by atoms with van der Waals surface area (Å²) in [5.74, 6) is 1.29.